The number of hydrogen-bond donors (Lipinski definition) is 1. The summed E-state index contributed by atoms with van der Waals surface area (Å²) in [5.41, 5.74) is -0.256. The van der Waals surface area contributed by atoms with Gasteiger partial charge in [-0.25, -0.2) is 14.2 Å². The van der Waals surface area contributed by atoms with Crippen LogP contribution in [-0.4, -0.2) is 33.1 Å². The van der Waals surface area contributed by atoms with Gasteiger partial charge in [0.05, 0.1) is 0 Å². The number of amides is 1. The minimum Gasteiger partial charge on any atom is -0.348 e. The predicted molar refractivity (Wildman–Crippen MR) is 120 cm³/mol. The molecular formula is C21H24FN5O3S. The van der Waals surface area contributed by atoms with Crippen molar-refractivity contribution < 1.29 is 9.18 Å². The maximum Gasteiger partial charge on any atom is 0.333 e. The summed E-state index contributed by atoms with van der Waals surface area (Å²) in [6.45, 7) is 3.58. The largest absolute Gasteiger partial charge is 0.348 e. The zero-order valence-corrected chi connectivity index (χ0v) is 18.1. The second kappa shape index (κ2) is 9.01. The van der Waals surface area contributed by atoms with Crippen LogP contribution < -0.4 is 21.5 Å². The van der Waals surface area contributed by atoms with Gasteiger partial charge in [0.25, 0.3) is 5.56 Å². The van der Waals surface area contributed by atoms with Crippen LogP contribution in [0.4, 0.5) is 15.2 Å². The van der Waals surface area contributed by atoms with Gasteiger partial charge in [0.2, 0.25) is 5.91 Å². The van der Waals surface area contributed by atoms with Crippen LogP contribution in [0, 0.1) is 5.82 Å². The molecule has 1 fully saturated rings. The van der Waals surface area contributed by atoms with Crippen molar-refractivity contribution in [3.8, 4) is 0 Å². The summed E-state index contributed by atoms with van der Waals surface area (Å²) < 4.78 is 15.9. The molecule has 3 heterocycles. The lowest BCUT2D eigenvalue weighted by atomic mass is 10.1. The van der Waals surface area contributed by atoms with Gasteiger partial charge in [-0.3, -0.25) is 18.7 Å². The normalized spacial score (nSPS) is 14.2. The first kappa shape index (κ1) is 21.2. The third-order valence-electron chi connectivity index (χ3n) is 5.26. The number of hydrogen-bond acceptors (Lipinski definition) is 6. The van der Waals surface area contributed by atoms with Crippen LogP contribution in [0.1, 0.15) is 32.6 Å². The molecule has 31 heavy (non-hydrogen) atoms. The fraction of sp³-hybridized carbons (Fsp3) is 0.429. The van der Waals surface area contributed by atoms with Crippen LogP contribution in [0.15, 0.2) is 33.9 Å². The molecule has 8 nitrogen and oxygen atoms in total. The topological polar surface area (TPSA) is 89.2 Å². The zero-order chi connectivity index (χ0) is 22.0. The van der Waals surface area contributed by atoms with Gasteiger partial charge in [-0.1, -0.05) is 18.3 Å². The Labute approximate surface area is 181 Å². The number of fused-ring (bicyclic) bond motifs is 1. The Kier molecular flexibility index (Phi) is 6.17. The van der Waals surface area contributed by atoms with E-state index >= 15 is 0 Å². The Hall–Kier alpha value is -3.01. The fourth-order valence-electron chi connectivity index (χ4n) is 3.73. The van der Waals surface area contributed by atoms with Gasteiger partial charge >= 0.3 is 5.69 Å². The Bertz CT molecular complexity index is 1210. The quantitative estimate of drug-likeness (QED) is 0.630. The molecule has 164 valence electrons. The van der Waals surface area contributed by atoms with E-state index in [2.05, 4.69) is 15.2 Å². The van der Waals surface area contributed by atoms with E-state index in [4.69, 9.17) is 0 Å². The van der Waals surface area contributed by atoms with Crippen molar-refractivity contribution in [1.29, 1.82) is 0 Å². The van der Waals surface area contributed by atoms with Crippen molar-refractivity contribution in [2.75, 3.05) is 23.3 Å². The number of nitrogens with one attached hydrogen (secondary N) is 1. The standard InChI is InChI=1S/C21H24FN5O3S/c1-2-10-26-19(29)17-18(24-20(31-17)25-11-4-3-5-12-25)27(21(26)30)13-16(28)23-15-8-6-14(22)7-9-15/h6-9H,2-5,10-13H2,1H3,(H,23,28). The number of anilines is 2. The van der Waals surface area contributed by atoms with Gasteiger partial charge in [0, 0.05) is 25.3 Å². The monoisotopic (exact) mass is 445 g/mol. The average Bonchev–Trinajstić information content (AvgIpc) is 3.22. The van der Waals surface area contributed by atoms with Crippen LogP contribution in [0.25, 0.3) is 10.3 Å². The molecule has 1 aliphatic heterocycles. The lowest BCUT2D eigenvalue weighted by Gasteiger charge is -2.25. The van der Waals surface area contributed by atoms with Gasteiger partial charge in [-0.15, -0.1) is 0 Å². The van der Waals surface area contributed by atoms with E-state index in [0.29, 0.717) is 21.9 Å². The molecule has 0 radical (unpaired) electrons. The number of nitrogens with zero attached hydrogens (tertiary/aromatic N) is 4. The highest BCUT2D eigenvalue weighted by atomic mass is 32.1. The van der Waals surface area contributed by atoms with Gasteiger partial charge in [-0.2, -0.15) is 0 Å². The van der Waals surface area contributed by atoms with E-state index in [1.165, 1.54) is 51.2 Å². The molecular weight excluding hydrogens is 421 g/mol. The fourth-order valence-corrected chi connectivity index (χ4v) is 4.80. The van der Waals surface area contributed by atoms with E-state index in [1.807, 2.05) is 6.92 Å². The van der Waals surface area contributed by atoms with E-state index < -0.39 is 17.4 Å². The number of carbonyl (C=O) groups excluding carboxylic acids is 1. The molecule has 0 atom stereocenters. The lowest BCUT2D eigenvalue weighted by Crippen LogP contribution is -2.41. The Morgan fingerprint density at radius 1 is 1.13 bits per heavy atom. The van der Waals surface area contributed by atoms with E-state index in [9.17, 15) is 18.8 Å². The molecule has 2 aromatic heterocycles. The molecule has 0 bridgehead atoms. The van der Waals surface area contributed by atoms with Crippen molar-refractivity contribution in [3.05, 3.63) is 50.9 Å². The molecule has 1 N–H and O–H groups in total. The third kappa shape index (κ3) is 4.39. The van der Waals surface area contributed by atoms with Crippen LogP contribution in [0.5, 0.6) is 0 Å². The summed E-state index contributed by atoms with van der Waals surface area (Å²) in [5.74, 6) is -0.862. The second-order valence-electron chi connectivity index (χ2n) is 7.58. The summed E-state index contributed by atoms with van der Waals surface area (Å²) in [7, 11) is 0. The minimum atomic E-state index is -0.552. The number of piperidine rings is 1. The summed E-state index contributed by atoms with van der Waals surface area (Å²) in [6.07, 6.45) is 3.89. The maximum absolute atomic E-state index is 13.1. The number of rotatable bonds is 6. The van der Waals surface area contributed by atoms with Gasteiger partial charge < -0.3 is 10.2 Å². The summed E-state index contributed by atoms with van der Waals surface area (Å²) >= 11 is 1.27. The Morgan fingerprint density at radius 3 is 2.52 bits per heavy atom. The molecule has 1 amide bonds. The molecule has 0 aliphatic carbocycles. The molecule has 0 spiro atoms. The smallest absolute Gasteiger partial charge is 0.333 e. The molecule has 3 aromatic rings. The van der Waals surface area contributed by atoms with E-state index in [0.717, 1.165) is 25.9 Å². The van der Waals surface area contributed by atoms with E-state index in [1.54, 1.807) is 0 Å². The van der Waals surface area contributed by atoms with Crippen LogP contribution in [-0.2, 0) is 17.9 Å². The molecule has 1 saturated heterocycles. The number of benzene rings is 1. The average molecular weight is 446 g/mol. The summed E-state index contributed by atoms with van der Waals surface area (Å²) in [4.78, 5) is 45.4. The van der Waals surface area contributed by atoms with E-state index in [-0.39, 0.29) is 24.3 Å². The number of aromatic nitrogens is 3. The maximum atomic E-state index is 13.1. The molecule has 0 unspecified atom stereocenters. The Morgan fingerprint density at radius 2 is 1.84 bits per heavy atom. The van der Waals surface area contributed by atoms with Gasteiger partial charge in [0.15, 0.2) is 10.8 Å². The molecule has 1 aliphatic rings. The predicted octanol–water partition coefficient (Wildman–Crippen LogP) is 2.80. The number of halogens is 1. The van der Waals surface area contributed by atoms with Crippen molar-refractivity contribution in [3.63, 3.8) is 0 Å². The first-order chi connectivity index (χ1) is 15.0. The van der Waals surface area contributed by atoms with Crippen molar-refractivity contribution in [1.82, 2.24) is 14.1 Å². The van der Waals surface area contributed by atoms with Gasteiger partial charge in [-0.05, 0) is 49.9 Å². The Balaban J connectivity index is 1.73. The first-order valence-electron chi connectivity index (χ1n) is 10.4. The highest BCUT2D eigenvalue weighted by molar-refractivity contribution is 7.22. The molecule has 10 heteroatoms. The highest BCUT2D eigenvalue weighted by Crippen LogP contribution is 2.28. The third-order valence-corrected chi connectivity index (χ3v) is 6.35. The number of carbonyl (C=O) groups is 1. The van der Waals surface area contributed by atoms with Crippen molar-refractivity contribution in [2.24, 2.45) is 0 Å². The first-order valence-corrected chi connectivity index (χ1v) is 11.2. The highest BCUT2D eigenvalue weighted by Gasteiger charge is 2.22. The van der Waals surface area contributed by atoms with Crippen molar-refractivity contribution >= 4 is 38.4 Å². The molecule has 4 rings (SSSR count). The minimum absolute atomic E-state index is 0.238. The van der Waals surface area contributed by atoms with Crippen molar-refractivity contribution in [2.45, 2.75) is 45.7 Å². The van der Waals surface area contributed by atoms with Gasteiger partial charge in [0.1, 0.15) is 17.1 Å². The van der Waals surface area contributed by atoms with Crippen LogP contribution in [0.3, 0.4) is 0 Å². The SMILES string of the molecule is CCCn1c(=O)c2sc(N3CCCCC3)nc2n(CC(=O)Nc2ccc(F)cc2)c1=O. The second-order valence-corrected chi connectivity index (χ2v) is 8.55. The summed E-state index contributed by atoms with van der Waals surface area (Å²) in [5, 5.41) is 3.36. The molecule has 0 saturated carbocycles. The zero-order valence-electron chi connectivity index (χ0n) is 17.3. The number of thiazole rings is 1. The van der Waals surface area contributed by atoms with Crippen LogP contribution >= 0.6 is 11.3 Å². The molecule has 1 aromatic carbocycles. The lowest BCUT2D eigenvalue weighted by molar-refractivity contribution is -0.116. The van der Waals surface area contributed by atoms with Crippen LogP contribution in [0.2, 0.25) is 0 Å². The summed E-state index contributed by atoms with van der Waals surface area (Å²) in [6, 6.07) is 5.38.